The molecule has 0 saturated heterocycles. The highest BCUT2D eigenvalue weighted by Gasteiger charge is 2.45. The highest BCUT2D eigenvalue weighted by molar-refractivity contribution is 7.93. The zero-order valence-corrected chi connectivity index (χ0v) is 42.4. The average Bonchev–Trinajstić information content (AvgIpc) is 3.68. The molecular weight excluding hydrogens is 877 g/mol. The SMILES string of the molecule is CC.CCC(C)C(=O)CCCC1(C)/C(=C\C=C2/CCCC(CCC3=[N+](CCCS(=O)[O-])c4ccccc4C3(C)C)=C2OC2=CCC(S(=O)O)C=C2)N(CCCSO)c2ccccc21.CO. The third-order valence-corrected chi connectivity index (χ3v) is 15.2. The van der Waals surface area contributed by atoms with Gasteiger partial charge in [-0.05, 0) is 132 Å². The normalized spacial score (nSPS) is 22.4. The number of ketones is 1. The molecule has 0 bridgehead atoms. The maximum Gasteiger partial charge on any atom is 0.209 e. The molecule has 3 N–H and O–H groups in total. The molecule has 2 aliphatic heterocycles. The zero-order chi connectivity index (χ0) is 47.7. The van der Waals surface area contributed by atoms with Crippen LogP contribution in [0.25, 0.3) is 0 Å². The molecular formula is C52H74N2O8S3. The molecule has 358 valence electrons. The number of fused-ring (bicyclic) bond motifs is 2. The van der Waals surface area contributed by atoms with E-state index >= 15 is 0 Å². The standard InChI is InChI=1S/C49H64N2O7S3.C2H6.CH4O/c1-6-35(2)44(52)21-12-30-49(5)41-18-8-10-20-43(41)51(31-13-33-59-53)46(49)29-23-37-16-11-15-36(47(37)58-38-24-26-39(27-25-38)61(56)57)22-28-45-48(3,4)40-17-7-9-19-42(40)50(45)32-14-34-60(54)55;2*1-2/h7-10,17-20,23-26,29,35,39H,6,11-16,21-22,27-28,30-34H2,1-5H3,(H2-,53,54,55,56,57);1-2H3;2H,1H3/b37-23+,46-29+;;. The number of rotatable bonds is 21. The van der Waals surface area contributed by atoms with Crippen LogP contribution in [0.5, 0.6) is 0 Å². The lowest BCUT2D eigenvalue weighted by Crippen LogP contribution is -2.30. The Bertz CT molecular complexity index is 2170. The van der Waals surface area contributed by atoms with E-state index in [2.05, 4.69) is 91.8 Å². The summed E-state index contributed by atoms with van der Waals surface area (Å²) in [5.41, 5.74) is 8.97. The lowest BCUT2D eigenvalue weighted by Gasteiger charge is -2.31. The van der Waals surface area contributed by atoms with Gasteiger partial charge in [0.15, 0.2) is 16.8 Å². The van der Waals surface area contributed by atoms with E-state index in [0.29, 0.717) is 43.1 Å². The quantitative estimate of drug-likeness (QED) is 0.0477. The van der Waals surface area contributed by atoms with Crippen molar-refractivity contribution >= 4 is 57.1 Å². The van der Waals surface area contributed by atoms with Crippen LogP contribution in [-0.4, -0.2) is 80.2 Å². The fraction of sp³-hybridized carbons (Fsp3) is 0.538. The van der Waals surface area contributed by atoms with Crippen LogP contribution in [0.3, 0.4) is 0 Å². The van der Waals surface area contributed by atoms with Crippen LogP contribution >= 0.6 is 12.0 Å². The Kier molecular flexibility index (Phi) is 21.8. The molecule has 0 fully saturated rings. The van der Waals surface area contributed by atoms with Crippen molar-refractivity contribution in [3.8, 4) is 0 Å². The summed E-state index contributed by atoms with van der Waals surface area (Å²) < 4.78 is 63.7. The first-order valence-corrected chi connectivity index (χ1v) is 26.8. The Labute approximate surface area is 398 Å². The highest BCUT2D eigenvalue weighted by Crippen LogP contribution is 2.51. The number of allylic oxidation sites excluding steroid dienone is 7. The second-order valence-electron chi connectivity index (χ2n) is 17.6. The smallest absolute Gasteiger partial charge is 0.209 e. The van der Waals surface area contributed by atoms with Crippen molar-refractivity contribution in [1.82, 2.24) is 0 Å². The number of hydrogen-bond acceptors (Lipinski definition) is 9. The van der Waals surface area contributed by atoms with Gasteiger partial charge in [0.2, 0.25) is 5.69 Å². The van der Waals surface area contributed by atoms with Gasteiger partial charge >= 0.3 is 0 Å². The number of carbonyl (C=O) groups is 1. The average molecular weight is 951 g/mol. The Morgan fingerprint density at radius 3 is 2.38 bits per heavy atom. The number of ether oxygens (including phenoxy) is 1. The number of Topliss-reactive ketones (excluding diaryl/α,β-unsaturated/α-hetero) is 1. The maximum absolute atomic E-state index is 13.0. The fourth-order valence-electron chi connectivity index (χ4n) is 9.67. The van der Waals surface area contributed by atoms with Crippen LogP contribution in [0, 0.1) is 5.92 Å². The molecule has 0 amide bonds. The summed E-state index contributed by atoms with van der Waals surface area (Å²) >= 11 is -3.20. The van der Waals surface area contributed by atoms with Gasteiger partial charge in [-0.3, -0.25) is 9.00 Å². The van der Waals surface area contributed by atoms with Gasteiger partial charge in [-0.25, -0.2) is 4.21 Å². The van der Waals surface area contributed by atoms with Crippen molar-refractivity contribution in [2.75, 3.05) is 36.6 Å². The largest absolute Gasteiger partial charge is 0.772 e. The molecule has 13 heteroatoms. The van der Waals surface area contributed by atoms with E-state index in [1.165, 1.54) is 33.8 Å². The number of aliphatic hydroxyl groups excluding tert-OH is 1. The third kappa shape index (κ3) is 13.4. The molecule has 4 aliphatic rings. The first-order valence-electron chi connectivity index (χ1n) is 23.5. The summed E-state index contributed by atoms with van der Waals surface area (Å²) in [7, 11) is 1.00. The Hall–Kier alpha value is -3.43. The summed E-state index contributed by atoms with van der Waals surface area (Å²) in [6, 6.07) is 17.0. The van der Waals surface area contributed by atoms with E-state index in [9.17, 15) is 26.9 Å². The van der Waals surface area contributed by atoms with Crippen LogP contribution in [0.4, 0.5) is 11.4 Å². The monoisotopic (exact) mass is 950 g/mol. The first kappa shape index (κ1) is 54.2. The molecule has 5 unspecified atom stereocenters. The minimum atomic E-state index is -2.10. The second kappa shape index (κ2) is 26.2. The Balaban J connectivity index is 0.00000225. The van der Waals surface area contributed by atoms with Gasteiger partial charge in [-0.15, -0.1) is 0 Å². The number of hydrogen-bond donors (Lipinski definition) is 3. The van der Waals surface area contributed by atoms with Crippen molar-refractivity contribution in [2.45, 2.75) is 142 Å². The number of benzene rings is 2. The van der Waals surface area contributed by atoms with E-state index < -0.39 is 27.4 Å². The third-order valence-electron chi connectivity index (χ3n) is 13.3. The van der Waals surface area contributed by atoms with E-state index in [1.54, 1.807) is 6.08 Å². The van der Waals surface area contributed by atoms with Crippen LogP contribution in [-0.2, 0) is 42.5 Å². The number of para-hydroxylation sites is 2. The van der Waals surface area contributed by atoms with E-state index in [1.807, 2.05) is 39.0 Å². The van der Waals surface area contributed by atoms with Gasteiger partial charge < -0.3 is 28.4 Å². The minimum absolute atomic E-state index is 0.0552. The van der Waals surface area contributed by atoms with Crippen molar-refractivity contribution in [1.29, 1.82) is 0 Å². The van der Waals surface area contributed by atoms with Crippen molar-refractivity contribution in [3.63, 3.8) is 0 Å². The molecule has 2 aromatic carbocycles. The second-order valence-corrected chi connectivity index (χ2v) is 20.4. The van der Waals surface area contributed by atoms with Crippen LogP contribution < -0.4 is 4.90 Å². The summed E-state index contributed by atoms with van der Waals surface area (Å²) in [6.45, 7) is 16.3. The lowest BCUT2D eigenvalue weighted by molar-refractivity contribution is -0.439. The van der Waals surface area contributed by atoms with Crippen molar-refractivity contribution in [3.05, 3.63) is 118 Å². The fourth-order valence-corrected chi connectivity index (χ4v) is 10.8. The molecule has 0 saturated carbocycles. The molecule has 5 atom stereocenters. The molecule has 0 aromatic heterocycles. The highest BCUT2D eigenvalue weighted by atomic mass is 32.2. The predicted octanol–water partition coefficient (Wildman–Crippen LogP) is 11.6. The minimum Gasteiger partial charge on any atom is -0.772 e. The molecule has 0 spiro atoms. The summed E-state index contributed by atoms with van der Waals surface area (Å²) in [5.74, 6) is 2.63. The zero-order valence-electron chi connectivity index (χ0n) is 40.0. The Morgan fingerprint density at radius 2 is 1.72 bits per heavy atom. The Morgan fingerprint density at radius 1 is 1.02 bits per heavy atom. The van der Waals surface area contributed by atoms with Gasteiger partial charge in [0.1, 0.15) is 23.8 Å². The maximum atomic E-state index is 13.0. The first-order chi connectivity index (χ1) is 31.3. The summed E-state index contributed by atoms with van der Waals surface area (Å²) in [6.07, 6.45) is 18.9. The van der Waals surface area contributed by atoms with E-state index in [4.69, 9.17) is 9.84 Å². The topological polar surface area (TPSA) is 150 Å². The summed E-state index contributed by atoms with van der Waals surface area (Å²) in [5, 5.41) is 6.52. The van der Waals surface area contributed by atoms with Crippen LogP contribution in [0.2, 0.25) is 0 Å². The molecule has 6 rings (SSSR count). The number of nitrogens with zero attached hydrogens (tertiary/aromatic N) is 2. The van der Waals surface area contributed by atoms with Gasteiger partial charge in [0, 0.05) is 78.8 Å². The van der Waals surface area contributed by atoms with Gasteiger partial charge in [0.05, 0.1) is 10.7 Å². The predicted molar refractivity (Wildman–Crippen MR) is 270 cm³/mol. The molecule has 10 nitrogen and oxygen atoms in total. The number of aliphatic hydroxyl groups is 1. The van der Waals surface area contributed by atoms with Gasteiger partial charge in [-0.2, -0.15) is 4.58 Å². The molecule has 2 aromatic rings. The number of anilines is 1. The van der Waals surface area contributed by atoms with Crippen molar-refractivity contribution < 1.29 is 41.3 Å². The van der Waals surface area contributed by atoms with Gasteiger partial charge in [0.25, 0.3) is 0 Å². The lowest BCUT2D eigenvalue weighted by atomic mass is 9.76. The van der Waals surface area contributed by atoms with E-state index in [-0.39, 0.29) is 22.5 Å². The summed E-state index contributed by atoms with van der Waals surface area (Å²) in [4.78, 5) is 15.4. The van der Waals surface area contributed by atoms with Crippen LogP contribution in [0.1, 0.15) is 137 Å². The van der Waals surface area contributed by atoms with E-state index in [0.717, 1.165) is 101 Å². The number of carbonyl (C=O) groups excluding carboxylic acids is 1. The van der Waals surface area contributed by atoms with Crippen molar-refractivity contribution in [2.24, 2.45) is 5.92 Å². The molecule has 2 heterocycles. The van der Waals surface area contributed by atoms with Crippen LogP contribution in [0.15, 0.2) is 107 Å². The van der Waals surface area contributed by atoms with Gasteiger partial charge in [-0.1, -0.05) is 87.3 Å². The molecule has 65 heavy (non-hydrogen) atoms. The molecule has 0 radical (unpaired) electrons. The molecule has 2 aliphatic carbocycles.